The summed E-state index contributed by atoms with van der Waals surface area (Å²) in [7, 11) is 0. The first-order valence-corrected chi connectivity index (χ1v) is 6.12. The van der Waals surface area contributed by atoms with Gasteiger partial charge in [-0.2, -0.15) is 0 Å². The number of ether oxygens (including phenoxy) is 1. The average molecular weight is 266 g/mol. The molecule has 0 aliphatic carbocycles. The molecule has 7 heteroatoms. The third-order valence-corrected chi connectivity index (χ3v) is 3.68. The summed E-state index contributed by atoms with van der Waals surface area (Å²) in [4.78, 5) is 10.8. The van der Waals surface area contributed by atoms with Crippen molar-refractivity contribution in [1.29, 1.82) is 0 Å². The van der Waals surface area contributed by atoms with Gasteiger partial charge in [0.05, 0.1) is 16.6 Å². The van der Waals surface area contributed by atoms with Crippen molar-refractivity contribution in [3.63, 3.8) is 0 Å². The minimum absolute atomic E-state index is 0.0124. The Bertz CT molecular complexity index is 494. The summed E-state index contributed by atoms with van der Waals surface area (Å²) >= 11 is 0. The summed E-state index contributed by atoms with van der Waals surface area (Å²) in [5, 5.41) is 14.4. The second-order valence-corrected chi connectivity index (χ2v) is 4.91. The van der Waals surface area contributed by atoms with E-state index in [1.165, 1.54) is 0 Å². The van der Waals surface area contributed by atoms with Crippen LogP contribution in [0.5, 0.6) is 0 Å². The molecule has 4 N–H and O–H groups in total. The fourth-order valence-electron chi connectivity index (χ4n) is 2.26. The molecule has 19 heavy (non-hydrogen) atoms. The minimum atomic E-state index is -0.443. The summed E-state index contributed by atoms with van der Waals surface area (Å²) in [6, 6.07) is 4.96. The van der Waals surface area contributed by atoms with Gasteiger partial charge < -0.3 is 15.5 Å². The van der Waals surface area contributed by atoms with Crippen LogP contribution in [0.25, 0.3) is 0 Å². The third kappa shape index (κ3) is 2.47. The van der Waals surface area contributed by atoms with Gasteiger partial charge in [0.15, 0.2) is 0 Å². The number of nitrogen functional groups attached to an aromatic ring is 1. The normalized spacial score (nSPS) is 26.2. The van der Waals surface area contributed by atoms with Crippen molar-refractivity contribution in [2.45, 2.75) is 31.9 Å². The van der Waals surface area contributed by atoms with E-state index in [1.807, 2.05) is 13.8 Å². The summed E-state index contributed by atoms with van der Waals surface area (Å²) in [5.74, 6) is 5.32. The van der Waals surface area contributed by atoms with Crippen molar-refractivity contribution in [3.05, 3.63) is 28.3 Å². The highest BCUT2D eigenvalue weighted by atomic mass is 16.6. The average Bonchev–Trinajstić information content (AvgIpc) is 2.68. The SMILES string of the molecule is CC1OCCC1(C)Nc1cccc(NN)c1[N+](=O)[O-]. The van der Waals surface area contributed by atoms with Crippen molar-refractivity contribution < 1.29 is 9.66 Å². The van der Waals surface area contributed by atoms with Crippen LogP contribution >= 0.6 is 0 Å². The molecule has 1 aliphatic heterocycles. The number of nitrogens with zero attached hydrogens (tertiary/aromatic N) is 1. The highest BCUT2D eigenvalue weighted by molar-refractivity contribution is 5.76. The number of para-hydroxylation sites is 1. The Morgan fingerprint density at radius 2 is 2.21 bits per heavy atom. The number of nitro groups is 1. The number of nitrogens with one attached hydrogen (secondary N) is 2. The molecule has 1 aliphatic rings. The second-order valence-electron chi connectivity index (χ2n) is 4.91. The molecule has 7 nitrogen and oxygen atoms in total. The van der Waals surface area contributed by atoms with Gasteiger partial charge in [-0.1, -0.05) is 6.07 Å². The fourth-order valence-corrected chi connectivity index (χ4v) is 2.26. The maximum absolute atomic E-state index is 11.2. The molecule has 0 aromatic heterocycles. The monoisotopic (exact) mass is 266 g/mol. The summed E-state index contributed by atoms with van der Waals surface area (Å²) < 4.78 is 5.52. The standard InChI is InChI=1S/C12H18N4O3/c1-8-12(2,6-7-19-8)14-9-4-3-5-10(15-13)11(9)16(17)18/h3-5,8,14-15H,6-7,13H2,1-2H3. The maximum Gasteiger partial charge on any atom is 0.316 e. The number of hydrogen-bond donors (Lipinski definition) is 3. The van der Waals surface area contributed by atoms with Gasteiger partial charge in [-0.3, -0.25) is 16.0 Å². The van der Waals surface area contributed by atoms with Crippen molar-refractivity contribution in [2.75, 3.05) is 17.3 Å². The zero-order chi connectivity index (χ0) is 14.0. The smallest absolute Gasteiger partial charge is 0.316 e. The summed E-state index contributed by atoms with van der Waals surface area (Å²) in [6.45, 7) is 4.60. The van der Waals surface area contributed by atoms with E-state index < -0.39 is 4.92 Å². The number of nitro benzene ring substituents is 1. The lowest BCUT2D eigenvalue weighted by atomic mass is 9.94. The lowest BCUT2D eigenvalue weighted by molar-refractivity contribution is -0.383. The fraction of sp³-hybridized carbons (Fsp3) is 0.500. The maximum atomic E-state index is 11.2. The Kier molecular flexibility index (Phi) is 3.59. The van der Waals surface area contributed by atoms with Gasteiger partial charge in [0, 0.05) is 6.61 Å². The molecule has 104 valence electrons. The lowest BCUT2D eigenvalue weighted by Crippen LogP contribution is -2.41. The lowest BCUT2D eigenvalue weighted by Gasteiger charge is -2.30. The second kappa shape index (κ2) is 5.02. The Morgan fingerprint density at radius 3 is 2.74 bits per heavy atom. The molecule has 2 atom stereocenters. The zero-order valence-electron chi connectivity index (χ0n) is 11.0. The molecule has 1 fully saturated rings. The number of benzene rings is 1. The molecule has 0 bridgehead atoms. The largest absolute Gasteiger partial charge is 0.376 e. The number of rotatable bonds is 4. The predicted octanol–water partition coefficient (Wildman–Crippen LogP) is 1.86. The van der Waals surface area contributed by atoms with E-state index in [0.29, 0.717) is 12.3 Å². The van der Waals surface area contributed by atoms with E-state index in [0.717, 1.165) is 6.42 Å². The van der Waals surface area contributed by atoms with Gasteiger partial charge in [0.1, 0.15) is 11.4 Å². The predicted molar refractivity (Wildman–Crippen MR) is 73.0 cm³/mol. The molecule has 0 amide bonds. The Hall–Kier alpha value is -1.86. The third-order valence-electron chi connectivity index (χ3n) is 3.68. The Morgan fingerprint density at radius 1 is 1.53 bits per heavy atom. The minimum Gasteiger partial charge on any atom is -0.376 e. The van der Waals surface area contributed by atoms with Gasteiger partial charge in [-0.15, -0.1) is 0 Å². The molecule has 0 spiro atoms. The molecule has 2 unspecified atom stereocenters. The Labute approximate surface area is 111 Å². The van der Waals surface area contributed by atoms with Crippen molar-refractivity contribution in [2.24, 2.45) is 5.84 Å². The van der Waals surface area contributed by atoms with Crippen LogP contribution < -0.4 is 16.6 Å². The first-order chi connectivity index (χ1) is 8.98. The number of nitrogens with two attached hydrogens (primary N) is 1. The number of hydrogen-bond acceptors (Lipinski definition) is 6. The molecule has 0 radical (unpaired) electrons. The van der Waals surface area contributed by atoms with E-state index in [1.54, 1.807) is 18.2 Å². The molecule has 0 saturated carbocycles. The van der Waals surface area contributed by atoms with Crippen LogP contribution in [0.3, 0.4) is 0 Å². The molecule has 2 rings (SSSR count). The van der Waals surface area contributed by atoms with Crippen LogP contribution in [-0.4, -0.2) is 23.2 Å². The van der Waals surface area contributed by atoms with Gasteiger partial charge in [0.2, 0.25) is 0 Å². The van der Waals surface area contributed by atoms with Crippen LogP contribution in [0.15, 0.2) is 18.2 Å². The van der Waals surface area contributed by atoms with Gasteiger partial charge >= 0.3 is 5.69 Å². The molecule has 1 saturated heterocycles. The van der Waals surface area contributed by atoms with E-state index in [4.69, 9.17) is 10.6 Å². The molecule has 1 aromatic rings. The van der Waals surface area contributed by atoms with Crippen molar-refractivity contribution in [3.8, 4) is 0 Å². The summed E-state index contributed by atoms with van der Waals surface area (Å²) in [6.07, 6.45) is 0.785. The first kappa shape index (κ1) is 13.6. The van der Waals surface area contributed by atoms with Crippen LogP contribution in [0, 0.1) is 10.1 Å². The molecule has 1 aromatic carbocycles. The van der Waals surface area contributed by atoms with Crippen LogP contribution in [0.2, 0.25) is 0 Å². The van der Waals surface area contributed by atoms with Crippen LogP contribution in [0.4, 0.5) is 17.1 Å². The highest BCUT2D eigenvalue weighted by Gasteiger charge is 2.38. The van der Waals surface area contributed by atoms with Crippen LogP contribution in [-0.2, 0) is 4.74 Å². The quantitative estimate of drug-likeness (QED) is 0.436. The zero-order valence-corrected chi connectivity index (χ0v) is 11.0. The number of anilines is 2. The van der Waals surface area contributed by atoms with Gasteiger partial charge in [-0.25, -0.2) is 0 Å². The number of hydrazine groups is 1. The van der Waals surface area contributed by atoms with Gasteiger partial charge in [0.25, 0.3) is 0 Å². The molecular weight excluding hydrogens is 248 g/mol. The molecule has 1 heterocycles. The van der Waals surface area contributed by atoms with E-state index in [-0.39, 0.29) is 23.0 Å². The van der Waals surface area contributed by atoms with E-state index in [2.05, 4.69) is 10.7 Å². The molecular formula is C12H18N4O3. The van der Waals surface area contributed by atoms with E-state index in [9.17, 15) is 10.1 Å². The van der Waals surface area contributed by atoms with Crippen LogP contribution in [0.1, 0.15) is 20.3 Å². The topological polar surface area (TPSA) is 102 Å². The summed E-state index contributed by atoms with van der Waals surface area (Å²) in [5.41, 5.74) is 2.71. The highest BCUT2D eigenvalue weighted by Crippen LogP contribution is 2.37. The van der Waals surface area contributed by atoms with Crippen molar-refractivity contribution in [1.82, 2.24) is 0 Å². The van der Waals surface area contributed by atoms with Gasteiger partial charge in [-0.05, 0) is 32.4 Å². The van der Waals surface area contributed by atoms with Crippen molar-refractivity contribution >= 4 is 17.1 Å². The first-order valence-electron chi connectivity index (χ1n) is 6.12. The van der Waals surface area contributed by atoms with E-state index >= 15 is 0 Å². The Balaban J connectivity index is 2.37.